The fourth-order valence-electron chi connectivity index (χ4n) is 5.40. The van der Waals surface area contributed by atoms with Gasteiger partial charge in [-0.2, -0.15) is 0 Å². The molecule has 34 heavy (non-hydrogen) atoms. The summed E-state index contributed by atoms with van der Waals surface area (Å²) < 4.78 is 17.7. The maximum absolute atomic E-state index is 12.0. The van der Waals surface area contributed by atoms with Crippen LogP contribution in [0.1, 0.15) is 57.5 Å². The van der Waals surface area contributed by atoms with Crippen molar-refractivity contribution in [1.82, 2.24) is 0 Å². The van der Waals surface area contributed by atoms with Crippen LogP contribution >= 0.6 is 0 Å². The van der Waals surface area contributed by atoms with E-state index >= 15 is 0 Å². The lowest BCUT2D eigenvalue weighted by Crippen LogP contribution is -2.33. The van der Waals surface area contributed by atoms with Crippen LogP contribution < -0.4 is 10.1 Å². The summed E-state index contributed by atoms with van der Waals surface area (Å²) in [5, 5.41) is 13.8. The zero-order valence-electron chi connectivity index (χ0n) is 20.1. The zero-order valence-corrected chi connectivity index (χ0v) is 20.1. The first-order valence-electron chi connectivity index (χ1n) is 11.8. The smallest absolute Gasteiger partial charge is 0.333 e. The van der Waals surface area contributed by atoms with Crippen molar-refractivity contribution in [2.75, 3.05) is 19.0 Å². The first-order chi connectivity index (χ1) is 16.3. The van der Waals surface area contributed by atoms with E-state index in [2.05, 4.69) is 44.3 Å². The highest BCUT2D eigenvalue weighted by molar-refractivity contribution is 5.90. The van der Waals surface area contributed by atoms with E-state index in [1.54, 1.807) is 18.2 Å². The van der Waals surface area contributed by atoms with Gasteiger partial charge in [0.15, 0.2) is 0 Å². The van der Waals surface area contributed by atoms with Gasteiger partial charge in [0, 0.05) is 33.9 Å². The molecule has 5 rings (SSSR count). The molecule has 2 aliphatic heterocycles. The molecule has 1 aliphatic carbocycles. The van der Waals surface area contributed by atoms with Crippen LogP contribution in [0.25, 0.3) is 16.7 Å². The van der Waals surface area contributed by atoms with E-state index < -0.39 is 6.29 Å². The molecule has 2 heterocycles. The summed E-state index contributed by atoms with van der Waals surface area (Å²) in [4.78, 5) is 12.0. The maximum Gasteiger partial charge on any atom is 0.333 e. The first kappa shape index (κ1) is 22.5. The van der Waals surface area contributed by atoms with Gasteiger partial charge in [0.05, 0.1) is 19.3 Å². The van der Waals surface area contributed by atoms with Crippen molar-refractivity contribution in [3.63, 3.8) is 0 Å². The number of hydrogen-bond donors (Lipinski definition) is 2. The van der Waals surface area contributed by atoms with E-state index in [-0.39, 0.29) is 23.2 Å². The van der Waals surface area contributed by atoms with E-state index in [4.69, 9.17) is 14.2 Å². The van der Waals surface area contributed by atoms with Gasteiger partial charge in [-0.3, -0.25) is 0 Å². The van der Waals surface area contributed by atoms with Crippen LogP contribution in [0.2, 0.25) is 0 Å². The van der Waals surface area contributed by atoms with Gasteiger partial charge in [-0.05, 0) is 75.4 Å². The molecule has 6 heteroatoms. The predicted octanol–water partition coefficient (Wildman–Crippen LogP) is 5.97. The van der Waals surface area contributed by atoms with E-state index in [0.717, 1.165) is 58.3 Å². The lowest BCUT2D eigenvalue weighted by molar-refractivity contribution is -0.136. The third-order valence-electron chi connectivity index (χ3n) is 6.76. The van der Waals surface area contributed by atoms with Gasteiger partial charge < -0.3 is 24.6 Å². The Labute approximate surface area is 200 Å². The molecule has 0 amide bonds. The van der Waals surface area contributed by atoms with Crippen LogP contribution in [0.3, 0.4) is 0 Å². The fraction of sp³-hybridized carbons (Fsp3) is 0.393. The number of anilines is 1. The van der Waals surface area contributed by atoms with Crippen molar-refractivity contribution in [3.8, 4) is 22.6 Å². The molecule has 178 valence electrons. The summed E-state index contributed by atoms with van der Waals surface area (Å²) in [7, 11) is 1.42. The van der Waals surface area contributed by atoms with Crippen molar-refractivity contribution < 1.29 is 24.1 Å². The minimum atomic E-state index is -0.606. The molecule has 0 spiro atoms. The number of fused-ring (bicyclic) bond motifs is 5. The Balaban J connectivity index is 1.53. The number of esters is 1. The number of ether oxygens (including phenoxy) is 3. The van der Waals surface area contributed by atoms with Crippen LogP contribution in [-0.4, -0.2) is 30.3 Å². The second-order valence-corrected chi connectivity index (χ2v) is 9.92. The Hall–Kier alpha value is -3.25. The summed E-state index contributed by atoms with van der Waals surface area (Å²) in [6.45, 7) is 6.84. The second-order valence-electron chi connectivity index (χ2n) is 9.92. The van der Waals surface area contributed by atoms with E-state index in [9.17, 15) is 9.90 Å². The molecule has 2 atom stereocenters. The molecule has 2 aromatic rings. The zero-order chi connectivity index (χ0) is 24.0. The highest BCUT2D eigenvalue weighted by Gasteiger charge is 2.35. The third-order valence-corrected chi connectivity index (χ3v) is 6.76. The number of rotatable bonds is 4. The molecule has 0 radical (unpaired) electrons. The van der Waals surface area contributed by atoms with Crippen LogP contribution in [0, 0.1) is 5.92 Å². The van der Waals surface area contributed by atoms with Crippen LogP contribution in [0.4, 0.5) is 5.69 Å². The van der Waals surface area contributed by atoms with Crippen molar-refractivity contribution in [2.45, 2.75) is 51.9 Å². The number of nitrogens with one attached hydrogen (secondary N) is 1. The average molecular weight is 462 g/mol. The summed E-state index contributed by atoms with van der Waals surface area (Å²) in [6.07, 6.45) is 6.21. The molecule has 2 N–H and O–H groups in total. The minimum absolute atomic E-state index is 0.115. The topological polar surface area (TPSA) is 77.0 Å². The Morgan fingerprint density at radius 3 is 2.85 bits per heavy atom. The van der Waals surface area contributed by atoms with Crippen LogP contribution in [0.15, 0.2) is 48.1 Å². The molecule has 0 saturated heterocycles. The molecular formula is C28H31NO5. The number of carbonyl (C=O) groups excluding carboxylic acids is 1. The van der Waals surface area contributed by atoms with Gasteiger partial charge in [-0.25, -0.2) is 4.79 Å². The number of phenols is 1. The van der Waals surface area contributed by atoms with Gasteiger partial charge in [0.25, 0.3) is 0 Å². The Morgan fingerprint density at radius 2 is 2.06 bits per heavy atom. The average Bonchev–Trinajstić information content (AvgIpc) is 2.81. The Morgan fingerprint density at radius 1 is 1.24 bits per heavy atom. The highest BCUT2D eigenvalue weighted by atomic mass is 16.7. The summed E-state index contributed by atoms with van der Waals surface area (Å²) in [5.74, 6) is 0.723. The van der Waals surface area contributed by atoms with Crippen LogP contribution in [0.5, 0.6) is 11.5 Å². The number of allylic oxidation sites excluding steroid dienone is 1. The molecule has 0 aromatic heterocycles. The van der Waals surface area contributed by atoms with Crippen molar-refractivity contribution in [2.24, 2.45) is 5.92 Å². The highest BCUT2D eigenvalue weighted by Crippen LogP contribution is 2.50. The standard InChI is InChI=1S/C28H31NO5/c1-16-14-28(2,3)29-22-10-9-20-21-13-19(30)8-11-23(21)34-27(25(20)24(16)22)33-15-17-6-5-7-18(12-17)26(31)32-4/h8-14,17,27,29-30H,5-7,15H2,1-4H3/t17-,27+/m1/s1. The fourth-order valence-corrected chi connectivity index (χ4v) is 5.40. The largest absolute Gasteiger partial charge is 0.508 e. The summed E-state index contributed by atoms with van der Waals surface area (Å²) >= 11 is 0. The van der Waals surface area contributed by atoms with Gasteiger partial charge in [0.1, 0.15) is 11.5 Å². The van der Waals surface area contributed by atoms with E-state index in [0.29, 0.717) is 12.4 Å². The van der Waals surface area contributed by atoms with Gasteiger partial charge in [-0.1, -0.05) is 18.2 Å². The number of carbonyl (C=O) groups is 1. The first-order valence-corrected chi connectivity index (χ1v) is 11.8. The molecular weight excluding hydrogens is 430 g/mol. The quantitative estimate of drug-likeness (QED) is 0.546. The molecule has 0 bridgehead atoms. The molecule has 0 unspecified atom stereocenters. The van der Waals surface area contributed by atoms with Gasteiger partial charge in [0.2, 0.25) is 6.29 Å². The predicted molar refractivity (Wildman–Crippen MR) is 132 cm³/mol. The number of phenolic OH excluding ortho intramolecular Hbond substituents is 1. The van der Waals surface area contributed by atoms with Crippen molar-refractivity contribution in [3.05, 3.63) is 59.2 Å². The third kappa shape index (κ3) is 4.07. The molecule has 2 aromatic carbocycles. The number of aromatic hydroxyl groups is 1. The minimum Gasteiger partial charge on any atom is -0.508 e. The van der Waals surface area contributed by atoms with Crippen molar-refractivity contribution in [1.29, 1.82) is 0 Å². The lowest BCUT2D eigenvalue weighted by Gasteiger charge is -2.37. The Bertz CT molecular complexity index is 1210. The van der Waals surface area contributed by atoms with E-state index in [1.807, 2.05) is 6.08 Å². The molecule has 6 nitrogen and oxygen atoms in total. The summed E-state index contributed by atoms with van der Waals surface area (Å²) in [5.41, 5.74) is 6.62. The normalized spacial score (nSPS) is 22.1. The molecule has 0 saturated carbocycles. The number of hydrogen-bond acceptors (Lipinski definition) is 6. The summed E-state index contributed by atoms with van der Waals surface area (Å²) in [6, 6.07) is 9.31. The second kappa shape index (κ2) is 8.51. The number of benzene rings is 2. The maximum atomic E-state index is 12.0. The molecule has 0 fully saturated rings. The van der Waals surface area contributed by atoms with Crippen LogP contribution in [-0.2, 0) is 14.3 Å². The van der Waals surface area contributed by atoms with Gasteiger partial charge in [-0.15, -0.1) is 0 Å². The molecule has 3 aliphatic rings. The van der Waals surface area contributed by atoms with E-state index in [1.165, 1.54) is 7.11 Å². The Kier molecular flexibility index (Phi) is 5.64. The van der Waals surface area contributed by atoms with Crippen molar-refractivity contribution >= 4 is 17.2 Å². The van der Waals surface area contributed by atoms with Gasteiger partial charge >= 0.3 is 5.97 Å². The SMILES string of the molecule is COC(=O)C1=C[C@H](CO[C@H]2Oc3ccc(O)cc3-c3ccc4c(c32)C(C)=CC(C)(C)N4)CCC1. The number of methoxy groups -OCH3 is 1. The lowest BCUT2D eigenvalue weighted by atomic mass is 9.83. The monoisotopic (exact) mass is 461 g/mol.